The van der Waals surface area contributed by atoms with Crippen LogP contribution in [0.1, 0.15) is 18.9 Å². The largest absolute Gasteiger partial charge is 0.418 e. The number of hydrogen-bond donors (Lipinski definition) is 1. The number of guanidine groups is 1. The van der Waals surface area contributed by atoms with Crippen molar-refractivity contribution in [1.82, 2.24) is 5.32 Å². The lowest BCUT2D eigenvalue weighted by atomic mass is 10.1. The van der Waals surface area contributed by atoms with Gasteiger partial charge in [0.25, 0.3) is 0 Å². The number of aliphatic imine (C=N–C) groups is 1. The molecule has 0 aliphatic carbocycles. The summed E-state index contributed by atoms with van der Waals surface area (Å²) in [7, 11) is 0. The van der Waals surface area contributed by atoms with E-state index in [0.29, 0.717) is 19.5 Å². The third-order valence-corrected chi connectivity index (χ3v) is 3.11. The van der Waals surface area contributed by atoms with Crippen molar-refractivity contribution in [2.75, 3.05) is 24.5 Å². The summed E-state index contributed by atoms with van der Waals surface area (Å²) in [4.78, 5) is 5.32. The van der Waals surface area contributed by atoms with Crippen LogP contribution >= 0.6 is 0 Å². The molecule has 0 unspecified atom stereocenters. The lowest BCUT2D eigenvalue weighted by Gasteiger charge is -2.27. The molecule has 0 saturated carbocycles. The Kier molecular flexibility index (Phi) is 4.91. The highest BCUT2D eigenvalue weighted by atomic mass is 19.4. The summed E-state index contributed by atoms with van der Waals surface area (Å²) in [5, 5.41) is 2.88. The third-order valence-electron chi connectivity index (χ3n) is 3.11. The Balaban J connectivity index is 2.48. The Morgan fingerprint density at radius 3 is 2.73 bits per heavy atom. The summed E-state index contributed by atoms with van der Waals surface area (Å²) in [6.45, 7) is 2.72. The first-order chi connectivity index (χ1) is 10.4. The molecule has 118 valence electrons. The van der Waals surface area contributed by atoms with E-state index in [1.54, 1.807) is 6.92 Å². The first-order valence-corrected chi connectivity index (χ1v) is 6.76. The van der Waals surface area contributed by atoms with Gasteiger partial charge in [-0.2, -0.15) is 13.2 Å². The Morgan fingerprint density at radius 1 is 1.36 bits per heavy atom. The predicted molar refractivity (Wildman–Crippen MR) is 77.1 cm³/mol. The third kappa shape index (κ3) is 3.50. The van der Waals surface area contributed by atoms with Crippen molar-refractivity contribution in [3.05, 3.63) is 29.6 Å². The average Bonchev–Trinajstić information content (AvgIpc) is 2.97. The number of alkyl halides is 3. The molecule has 1 aliphatic rings. The minimum absolute atomic E-state index is 0.122. The van der Waals surface area contributed by atoms with Crippen LogP contribution in [0, 0.1) is 17.7 Å². The van der Waals surface area contributed by atoms with Gasteiger partial charge in [-0.15, -0.1) is 11.8 Å². The van der Waals surface area contributed by atoms with E-state index in [-0.39, 0.29) is 12.5 Å². The maximum Gasteiger partial charge on any atom is 0.418 e. The van der Waals surface area contributed by atoms with Crippen molar-refractivity contribution in [3.63, 3.8) is 0 Å². The van der Waals surface area contributed by atoms with Crippen LogP contribution in [0.15, 0.2) is 23.2 Å². The maximum absolute atomic E-state index is 14.1. The molecule has 3 nitrogen and oxygen atoms in total. The van der Waals surface area contributed by atoms with E-state index in [0.717, 1.165) is 18.2 Å². The first kappa shape index (κ1) is 16.1. The van der Waals surface area contributed by atoms with Crippen LogP contribution < -0.4 is 10.2 Å². The fourth-order valence-corrected chi connectivity index (χ4v) is 2.20. The zero-order chi connectivity index (χ0) is 16.2. The van der Waals surface area contributed by atoms with Gasteiger partial charge in [0.15, 0.2) is 5.96 Å². The maximum atomic E-state index is 14.1. The van der Waals surface area contributed by atoms with Gasteiger partial charge in [0, 0.05) is 19.5 Å². The molecule has 22 heavy (non-hydrogen) atoms. The number of benzene rings is 1. The van der Waals surface area contributed by atoms with Crippen LogP contribution in [-0.2, 0) is 6.18 Å². The molecule has 7 heteroatoms. The van der Waals surface area contributed by atoms with Gasteiger partial charge in [-0.05, 0) is 19.1 Å². The van der Waals surface area contributed by atoms with Crippen molar-refractivity contribution in [3.8, 4) is 11.8 Å². The second-order valence-corrected chi connectivity index (χ2v) is 4.59. The molecule has 1 aliphatic heterocycles. The van der Waals surface area contributed by atoms with Gasteiger partial charge in [-0.1, -0.05) is 6.07 Å². The minimum Gasteiger partial charge on any atom is -0.354 e. The smallest absolute Gasteiger partial charge is 0.354 e. The van der Waals surface area contributed by atoms with Crippen LogP contribution in [0.2, 0.25) is 0 Å². The van der Waals surface area contributed by atoms with Crippen molar-refractivity contribution < 1.29 is 17.6 Å². The van der Waals surface area contributed by atoms with Gasteiger partial charge in [-0.25, -0.2) is 4.39 Å². The molecule has 1 heterocycles. The summed E-state index contributed by atoms with van der Waals surface area (Å²) < 4.78 is 53.7. The zero-order valence-electron chi connectivity index (χ0n) is 12.0. The van der Waals surface area contributed by atoms with E-state index >= 15 is 0 Å². The molecule has 0 spiro atoms. The summed E-state index contributed by atoms with van der Waals surface area (Å²) in [6.07, 6.45) is -4.34. The molecule has 0 atom stereocenters. The SMILES string of the molecule is CC#CCCN(C1=NCCN1)c1c(F)cccc1C(F)(F)F. The molecular weight excluding hydrogens is 298 g/mol. The van der Waals surface area contributed by atoms with Crippen molar-refractivity contribution in [2.45, 2.75) is 19.5 Å². The van der Waals surface area contributed by atoms with Crippen LogP contribution in [-0.4, -0.2) is 25.6 Å². The number of para-hydroxylation sites is 1. The van der Waals surface area contributed by atoms with Crippen molar-refractivity contribution in [2.24, 2.45) is 4.99 Å². The summed E-state index contributed by atoms with van der Waals surface area (Å²) in [6, 6.07) is 2.93. The highest BCUT2D eigenvalue weighted by Gasteiger charge is 2.37. The molecule has 0 radical (unpaired) electrons. The Bertz CT molecular complexity index is 626. The highest BCUT2D eigenvalue weighted by Crippen LogP contribution is 2.38. The molecule has 1 aromatic rings. The van der Waals surface area contributed by atoms with E-state index in [1.807, 2.05) is 0 Å². The molecule has 1 N–H and O–H groups in total. The Hall–Kier alpha value is -2.23. The number of hydrogen-bond acceptors (Lipinski definition) is 3. The summed E-state index contributed by atoms with van der Waals surface area (Å²) >= 11 is 0. The molecular formula is C15H15F4N3. The fraction of sp³-hybridized carbons (Fsp3) is 0.400. The van der Waals surface area contributed by atoms with Gasteiger partial charge in [0.2, 0.25) is 0 Å². The lowest BCUT2D eigenvalue weighted by molar-refractivity contribution is -0.137. The van der Waals surface area contributed by atoms with Crippen molar-refractivity contribution in [1.29, 1.82) is 0 Å². The Morgan fingerprint density at radius 2 is 2.14 bits per heavy atom. The van der Waals surface area contributed by atoms with Crippen LogP contribution in [0.4, 0.5) is 23.2 Å². The van der Waals surface area contributed by atoms with Crippen LogP contribution in [0.3, 0.4) is 0 Å². The van der Waals surface area contributed by atoms with Crippen LogP contribution in [0.5, 0.6) is 0 Å². The number of halogens is 4. The van der Waals surface area contributed by atoms with E-state index in [2.05, 4.69) is 22.2 Å². The van der Waals surface area contributed by atoms with E-state index in [1.165, 1.54) is 4.90 Å². The van der Waals surface area contributed by atoms with Gasteiger partial charge in [-0.3, -0.25) is 4.99 Å². The first-order valence-electron chi connectivity index (χ1n) is 6.76. The molecule has 2 rings (SSSR count). The highest BCUT2D eigenvalue weighted by molar-refractivity contribution is 5.98. The molecule has 0 amide bonds. The topological polar surface area (TPSA) is 27.6 Å². The summed E-state index contributed by atoms with van der Waals surface area (Å²) in [5.41, 5.74) is -1.53. The zero-order valence-corrected chi connectivity index (χ0v) is 12.0. The number of nitrogens with one attached hydrogen (secondary N) is 1. The normalized spacial score (nSPS) is 14.0. The molecule has 0 fully saturated rings. The van der Waals surface area contributed by atoms with E-state index < -0.39 is 23.2 Å². The van der Waals surface area contributed by atoms with Crippen molar-refractivity contribution >= 4 is 11.6 Å². The standard InChI is InChI=1S/C15H15F4N3/c1-2-3-4-10-22(14-20-8-9-21-14)13-11(15(17,18)19)6-5-7-12(13)16/h5-7H,4,8-10H2,1H3,(H,20,21). The minimum atomic E-state index is -4.65. The second kappa shape index (κ2) is 6.69. The van der Waals surface area contributed by atoms with Gasteiger partial charge < -0.3 is 10.2 Å². The monoisotopic (exact) mass is 313 g/mol. The number of nitrogens with zero attached hydrogens (tertiary/aromatic N) is 2. The lowest BCUT2D eigenvalue weighted by Crippen LogP contribution is -2.41. The average molecular weight is 313 g/mol. The fourth-order valence-electron chi connectivity index (χ4n) is 2.20. The summed E-state index contributed by atoms with van der Waals surface area (Å²) in [5.74, 6) is 4.75. The van der Waals surface area contributed by atoms with Gasteiger partial charge in [0.1, 0.15) is 5.82 Å². The molecule has 0 bridgehead atoms. The molecule has 0 aromatic heterocycles. The number of rotatable bonds is 3. The predicted octanol–water partition coefficient (Wildman–Crippen LogP) is 3.02. The van der Waals surface area contributed by atoms with Gasteiger partial charge >= 0.3 is 6.18 Å². The quantitative estimate of drug-likeness (QED) is 0.686. The molecule has 0 saturated heterocycles. The second-order valence-electron chi connectivity index (χ2n) is 4.59. The van der Waals surface area contributed by atoms with Gasteiger partial charge in [0.05, 0.1) is 17.8 Å². The number of anilines is 1. The van der Waals surface area contributed by atoms with E-state index in [4.69, 9.17) is 0 Å². The Labute approximate surface area is 126 Å². The van der Waals surface area contributed by atoms with Crippen LogP contribution in [0.25, 0.3) is 0 Å². The molecule has 1 aromatic carbocycles. The van der Waals surface area contributed by atoms with E-state index in [9.17, 15) is 17.6 Å².